The lowest BCUT2D eigenvalue weighted by Crippen LogP contribution is -2.54. The highest BCUT2D eigenvalue weighted by atomic mass is 16.5. The van der Waals surface area contributed by atoms with Gasteiger partial charge < -0.3 is 19.5 Å². The Labute approximate surface area is 129 Å². The van der Waals surface area contributed by atoms with Crippen LogP contribution in [0.2, 0.25) is 0 Å². The Morgan fingerprint density at radius 3 is 2.82 bits per heavy atom. The maximum Gasteiger partial charge on any atom is 0.253 e. The lowest BCUT2D eigenvalue weighted by molar-refractivity contribution is -0.147. The first-order valence-corrected chi connectivity index (χ1v) is 7.91. The van der Waals surface area contributed by atoms with Crippen LogP contribution in [0.1, 0.15) is 18.6 Å². The molecule has 0 bridgehead atoms. The summed E-state index contributed by atoms with van der Waals surface area (Å²) in [5.74, 6) is 1.49. The van der Waals surface area contributed by atoms with E-state index in [1.165, 1.54) is 0 Å². The number of aryl methyl sites for hydroxylation is 1. The molecule has 122 valence electrons. The minimum Gasteiger partial charge on any atom is -0.366 e. The first kappa shape index (κ1) is 15.4. The van der Waals surface area contributed by atoms with E-state index < -0.39 is 0 Å². The Balaban J connectivity index is 1.46. The average molecular weight is 309 g/mol. The molecule has 0 aromatic carbocycles. The number of carbonyl (C=O) groups is 1. The summed E-state index contributed by atoms with van der Waals surface area (Å²) >= 11 is 0. The predicted octanol–water partition coefficient (Wildman–Crippen LogP) is -0.735. The van der Waals surface area contributed by atoms with E-state index in [0.29, 0.717) is 25.6 Å². The average Bonchev–Trinajstić information content (AvgIpc) is 3.03. The van der Waals surface area contributed by atoms with Crippen LogP contribution in [0.15, 0.2) is 4.52 Å². The van der Waals surface area contributed by atoms with Crippen molar-refractivity contribution in [1.29, 1.82) is 0 Å². The van der Waals surface area contributed by atoms with Crippen LogP contribution in [0, 0.1) is 0 Å². The highest BCUT2D eigenvalue weighted by Crippen LogP contribution is 2.10. The zero-order chi connectivity index (χ0) is 15.4. The first-order chi connectivity index (χ1) is 10.8. The highest BCUT2D eigenvalue weighted by molar-refractivity contribution is 5.81. The van der Waals surface area contributed by atoms with Crippen molar-refractivity contribution in [1.82, 2.24) is 25.3 Å². The van der Waals surface area contributed by atoms with Crippen molar-refractivity contribution in [2.24, 2.45) is 0 Å². The third-order valence-corrected chi connectivity index (χ3v) is 4.06. The maximum atomic E-state index is 12.4. The second-order valence-corrected chi connectivity index (χ2v) is 5.62. The number of morpholine rings is 1. The molecule has 0 spiro atoms. The third kappa shape index (κ3) is 3.63. The van der Waals surface area contributed by atoms with Gasteiger partial charge in [0.05, 0.1) is 13.2 Å². The predicted molar refractivity (Wildman–Crippen MR) is 78.1 cm³/mol. The topological polar surface area (TPSA) is 83.7 Å². The number of carbonyl (C=O) groups excluding carboxylic acids is 1. The summed E-state index contributed by atoms with van der Waals surface area (Å²) in [6.45, 7) is 7.78. The van der Waals surface area contributed by atoms with E-state index in [9.17, 15) is 4.79 Å². The third-order valence-electron chi connectivity index (χ3n) is 4.06. The monoisotopic (exact) mass is 309 g/mol. The second-order valence-electron chi connectivity index (χ2n) is 5.62. The van der Waals surface area contributed by atoms with Gasteiger partial charge in [-0.3, -0.25) is 9.69 Å². The molecule has 1 aromatic rings. The van der Waals surface area contributed by atoms with E-state index in [1.807, 2.05) is 11.8 Å². The van der Waals surface area contributed by atoms with Gasteiger partial charge in [-0.1, -0.05) is 12.1 Å². The van der Waals surface area contributed by atoms with Crippen molar-refractivity contribution >= 4 is 5.91 Å². The van der Waals surface area contributed by atoms with Gasteiger partial charge in [-0.2, -0.15) is 4.98 Å². The number of amides is 1. The van der Waals surface area contributed by atoms with Gasteiger partial charge in [0.15, 0.2) is 5.82 Å². The summed E-state index contributed by atoms with van der Waals surface area (Å²) in [5.41, 5.74) is 0. The van der Waals surface area contributed by atoms with Gasteiger partial charge in [0.1, 0.15) is 6.10 Å². The molecule has 2 aliphatic heterocycles. The van der Waals surface area contributed by atoms with Gasteiger partial charge in [0.25, 0.3) is 5.91 Å². The number of aromatic nitrogens is 2. The van der Waals surface area contributed by atoms with Crippen LogP contribution in [0.4, 0.5) is 0 Å². The number of rotatable bonds is 4. The standard InChI is InChI=1S/C14H23N5O3/c1-2-13-16-12(17-22-13)10-18-4-6-19(7-5-18)14(20)11-9-15-3-8-21-11/h11,15H,2-10H2,1H3. The molecule has 3 rings (SSSR count). The molecule has 1 N–H and O–H groups in total. The van der Waals surface area contributed by atoms with Gasteiger partial charge in [-0.15, -0.1) is 0 Å². The zero-order valence-corrected chi connectivity index (χ0v) is 13.0. The molecule has 8 heteroatoms. The molecular formula is C14H23N5O3. The number of piperazine rings is 1. The molecule has 3 heterocycles. The molecular weight excluding hydrogens is 286 g/mol. The molecule has 1 atom stereocenters. The van der Waals surface area contributed by atoms with Gasteiger partial charge >= 0.3 is 0 Å². The fraction of sp³-hybridized carbons (Fsp3) is 0.786. The number of nitrogens with zero attached hydrogens (tertiary/aromatic N) is 4. The smallest absolute Gasteiger partial charge is 0.253 e. The largest absolute Gasteiger partial charge is 0.366 e. The Morgan fingerprint density at radius 1 is 1.36 bits per heavy atom. The van der Waals surface area contributed by atoms with E-state index in [2.05, 4.69) is 20.4 Å². The van der Waals surface area contributed by atoms with Crippen molar-refractivity contribution in [2.75, 3.05) is 45.9 Å². The van der Waals surface area contributed by atoms with Crippen molar-refractivity contribution in [2.45, 2.75) is 26.0 Å². The fourth-order valence-electron chi connectivity index (χ4n) is 2.75. The molecule has 0 radical (unpaired) electrons. The zero-order valence-electron chi connectivity index (χ0n) is 13.0. The van der Waals surface area contributed by atoms with Gasteiger partial charge in [0.2, 0.25) is 5.89 Å². The van der Waals surface area contributed by atoms with Crippen LogP contribution in [-0.4, -0.2) is 77.8 Å². The van der Waals surface area contributed by atoms with Crippen LogP contribution >= 0.6 is 0 Å². The SMILES string of the molecule is CCc1nc(CN2CCN(C(=O)C3CNCCO3)CC2)no1. The van der Waals surface area contributed by atoms with Crippen LogP contribution < -0.4 is 5.32 Å². The molecule has 1 unspecified atom stereocenters. The number of hydrogen-bond donors (Lipinski definition) is 1. The molecule has 2 aliphatic rings. The van der Waals surface area contributed by atoms with Crippen molar-refractivity contribution in [3.8, 4) is 0 Å². The van der Waals surface area contributed by atoms with E-state index in [0.717, 1.165) is 45.0 Å². The van der Waals surface area contributed by atoms with Gasteiger partial charge in [0, 0.05) is 45.7 Å². The number of nitrogens with one attached hydrogen (secondary N) is 1. The van der Waals surface area contributed by atoms with Crippen LogP contribution in [0.25, 0.3) is 0 Å². The van der Waals surface area contributed by atoms with Crippen LogP contribution in [0.5, 0.6) is 0 Å². The Morgan fingerprint density at radius 2 is 2.18 bits per heavy atom. The molecule has 1 amide bonds. The lowest BCUT2D eigenvalue weighted by atomic mass is 10.2. The lowest BCUT2D eigenvalue weighted by Gasteiger charge is -2.36. The molecule has 0 aliphatic carbocycles. The Kier molecular flexibility index (Phi) is 5.01. The van der Waals surface area contributed by atoms with E-state index in [-0.39, 0.29) is 12.0 Å². The van der Waals surface area contributed by atoms with Crippen molar-refractivity contribution in [3.63, 3.8) is 0 Å². The van der Waals surface area contributed by atoms with Crippen LogP contribution in [0.3, 0.4) is 0 Å². The van der Waals surface area contributed by atoms with Gasteiger partial charge in [-0.25, -0.2) is 0 Å². The molecule has 8 nitrogen and oxygen atoms in total. The summed E-state index contributed by atoms with van der Waals surface area (Å²) in [5, 5.41) is 7.17. The Hall–Kier alpha value is -1.51. The van der Waals surface area contributed by atoms with Crippen LogP contribution in [-0.2, 0) is 22.5 Å². The second kappa shape index (κ2) is 7.17. The summed E-state index contributed by atoms with van der Waals surface area (Å²) in [4.78, 5) is 20.8. The minimum atomic E-state index is -0.329. The maximum absolute atomic E-state index is 12.4. The first-order valence-electron chi connectivity index (χ1n) is 7.91. The fourth-order valence-corrected chi connectivity index (χ4v) is 2.75. The molecule has 22 heavy (non-hydrogen) atoms. The number of ether oxygens (including phenoxy) is 1. The molecule has 1 aromatic heterocycles. The summed E-state index contributed by atoms with van der Waals surface area (Å²) in [6, 6.07) is 0. The molecule has 2 saturated heterocycles. The van der Waals surface area contributed by atoms with Crippen molar-refractivity contribution in [3.05, 3.63) is 11.7 Å². The number of hydrogen-bond acceptors (Lipinski definition) is 7. The summed E-state index contributed by atoms with van der Waals surface area (Å²) in [6.07, 6.45) is 0.426. The quantitative estimate of drug-likeness (QED) is 0.784. The van der Waals surface area contributed by atoms with E-state index in [4.69, 9.17) is 9.26 Å². The highest BCUT2D eigenvalue weighted by Gasteiger charge is 2.29. The summed E-state index contributed by atoms with van der Waals surface area (Å²) < 4.78 is 10.6. The van der Waals surface area contributed by atoms with E-state index >= 15 is 0 Å². The molecule has 0 saturated carbocycles. The Bertz CT molecular complexity index is 492. The van der Waals surface area contributed by atoms with Crippen molar-refractivity contribution < 1.29 is 14.1 Å². The normalized spacial score (nSPS) is 23.7. The summed E-state index contributed by atoms with van der Waals surface area (Å²) in [7, 11) is 0. The molecule has 2 fully saturated rings. The van der Waals surface area contributed by atoms with Gasteiger partial charge in [-0.05, 0) is 0 Å². The minimum absolute atomic E-state index is 0.0969. The van der Waals surface area contributed by atoms with E-state index in [1.54, 1.807) is 0 Å².